The second-order valence-electron chi connectivity index (χ2n) is 7.19. The second-order valence-corrected chi connectivity index (χ2v) is 7.19. The Morgan fingerprint density at radius 3 is 2.63 bits per heavy atom. The molecule has 1 aromatic heterocycles. The van der Waals surface area contributed by atoms with Crippen LogP contribution in [0.5, 0.6) is 5.75 Å². The fourth-order valence-electron chi connectivity index (χ4n) is 3.09. The topological polar surface area (TPSA) is 95.8 Å². The molecule has 7 nitrogen and oxygen atoms in total. The summed E-state index contributed by atoms with van der Waals surface area (Å²) in [4.78, 5) is 20.9. The molecule has 1 aromatic carbocycles. The fraction of sp³-hybridized carbons (Fsp3) is 0.421. The third kappa shape index (κ3) is 4.71. The third-order valence-electron chi connectivity index (χ3n) is 4.71. The van der Waals surface area contributed by atoms with Gasteiger partial charge in [-0.05, 0) is 36.5 Å². The first-order valence-electron chi connectivity index (χ1n) is 9.21. The lowest BCUT2D eigenvalue weighted by Crippen LogP contribution is -2.45. The van der Waals surface area contributed by atoms with E-state index in [0.717, 1.165) is 25.0 Å². The summed E-state index contributed by atoms with van der Waals surface area (Å²) in [6.45, 7) is -4.20. The number of nitrogens with zero attached hydrogens (tertiary/aromatic N) is 2. The summed E-state index contributed by atoms with van der Waals surface area (Å²) in [6.07, 6.45) is 1.66. The standard InChI is InChI=1S/C19H21F4N5O2/c1-28(2)19-26-16(14(12(24)8-20)17(29)27-19)25-15(9-3-4-9)10-5-6-13(11(21)7-10)30-18(22)23/h5-7,9,15,18,24H,3-4,8H2,1-2H3,(H2,25,26,27,29)/p+1. The van der Waals surface area contributed by atoms with Gasteiger partial charge in [0.15, 0.2) is 23.8 Å². The Balaban J connectivity index is 2.01. The Bertz CT molecular complexity index is 991. The molecular weight excluding hydrogens is 406 g/mol. The number of hydrogen-bond donors (Lipinski definition) is 3. The number of H-pyrrole nitrogens is 1. The van der Waals surface area contributed by atoms with Crippen LogP contribution in [0.3, 0.4) is 0 Å². The highest BCUT2D eigenvalue weighted by atomic mass is 19.3. The zero-order chi connectivity index (χ0) is 22.0. The summed E-state index contributed by atoms with van der Waals surface area (Å²) in [5.41, 5.74) is -0.590. The van der Waals surface area contributed by atoms with Gasteiger partial charge in [0.2, 0.25) is 11.7 Å². The van der Waals surface area contributed by atoms with E-state index in [-0.39, 0.29) is 29.0 Å². The summed E-state index contributed by atoms with van der Waals surface area (Å²) < 4.78 is 56.4. The number of ether oxygens (including phenoxy) is 1. The first-order chi connectivity index (χ1) is 14.2. The van der Waals surface area contributed by atoms with Crippen LogP contribution < -0.4 is 25.9 Å². The molecular formula is C19H22F4N5O2+. The molecule has 0 spiro atoms. The minimum Gasteiger partial charge on any atom is -0.432 e. The Morgan fingerprint density at radius 1 is 1.40 bits per heavy atom. The highest BCUT2D eigenvalue weighted by molar-refractivity contribution is 6.00. The largest absolute Gasteiger partial charge is 0.432 e. The van der Waals surface area contributed by atoms with E-state index in [0.29, 0.717) is 5.56 Å². The van der Waals surface area contributed by atoms with Crippen molar-refractivity contribution in [2.45, 2.75) is 25.5 Å². The van der Waals surface area contributed by atoms with Gasteiger partial charge in [-0.1, -0.05) is 6.07 Å². The Kier molecular flexibility index (Phi) is 6.28. The molecule has 1 heterocycles. The highest BCUT2D eigenvalue weighted by Gasteiger charge is 2.35. The maximum Gasteiger partial charge on any atom is 0.387 e. The fourth-order valence-corrected chi connectivity index (χ4v) is 3.09. The number of anilines is 2. The lowest BCUT2D eigenvalue weighted by molar-refractivity contribution is -0.116. The van der Waals surface area contributed by atoms with E-state index < -0.39 is 36.5 Å². The molecule has 2 aromatic rings. The van der Waals surface area contributed by atoms with Crippen molar-refractivity contribution in [2.24, 2.45) is 5.92 Å². The summed E-state index contributed by atoms with van der Waals surface area (Å²) in [5, 5.41) is 8.78. The third-order valence-corrected chi connectivity index (χ3v) is 4.71. The lowest BCUT2D eigenvalue weighted by Gasteiger charge is -2.22. The van der Waals surface area contributed by atoms with Gasteiger partial charge in [-0.2, -0.15) is 13.8 Å². The van der Waals surface area contributed by atoms with Gasteiger partial charge in [-0.25, -0.2) is 8.78 Å². The smallest absolute Gasteiger partial charge is 0.387 e. The maximum absolute atomic E-state index is 14.3. The molecule has 1 aliphatic carbocycles. The average molecular weight is 428 g/mol. The number of rotatable bonds is 9. The molecule has 1 atom stereocenters. The van der Waals surface area contributed by atoms with Crippen molar-refractivity contribution in [1.29, 1.82) is 0 Å². The van der Waals surface area contributed by atoms with Crippen LogP contribution >= 0.6 is 0 Å². The molecule has 1 fully saturated rings. The summed E-state index contributed by atoms with van der Waals surface area (Å²) in [6, 6.07) is 3.18. The average Bonchev–Trinajstić information content (AvgIpc) is 3.51. The van der Waals surface area contributed by atoms with E-state index in [1.54, 1.807) is 19.0 Å². The number of alkyl halides is 3. The van der Waals surface area contributed by atoms with Crippen molar-refractivity contribution in [3.63, 3.8) is 0 Å². The number of aromatic amines is 1. The Hall–Kier alpha value is -3.11. The van der Waals surface area contributed by atoms with Gasteiger partial charge in [0.25, 0.3) is 5.56 Å². The minimum atomic E-state index is -3.14. The molecule has 0 radical (unpaired) electrons. The molecule has 1 unspecified atom stereocenters. The van der Waals surface area contributed by atoms with Crippen LogP contribution in [0, 0.1) is 11.7 Å². The van der Waals surface area contributed by atoms with Gasteiger partial charge in [0.05, 0.1) is 6.04 Å². The van der Waals surface area contributed by atoms with Crippen molar-refractivity contribution < 1.29 is 27.7 Å². The summed E-state index contributed by atoms with van der Waals surface area (Å²) in [7, 11) is 3.33. The predicted molar refractivity (Wildman–Crippen MR) is 103 cm³/mol. The van der Waals surface area contributed by atoms with Gasteiger partial charge < -0.3 is 15.0 Å². The van der Waals surface area contributed by atoms with Crippen LogP contribution in [-0.4, -0.2) is 43.1 Å². The van der Waals surface area contributed by atoms with Crippen LogP contribution in [0.1, 0.15) is 30.0 Å². The molecule has 30 heavy (non-hydrogen) atoms. The zero-order valence-electron chi connectivity index (χ0n) is 16.4. The van der Waals surface area contributed by atoms with E-state index in [1.807, 2.05) is 0 Å². The predicted octanol–water partition coefficient (Wildman–Crippen LogP) is 1.66. The molecule has 0 saturated heterocycles. The van der Waals surface area contributed by atoms with Gasteiger partial charge in [0.1, 0.15) is 5.82 Å². The maximum atomic E-state index is 14.3. The number of halogens is 4. The monoisotopic (exact) mass is 428 g/mol. The molecule has 0 bridgehead atoms. The SMILES string of the molecule is CN(C)c1nc(NC(c2ccc(OC(F)F)c(F)c2)C2CC2)c(C(=[NH2+])CF)c(=O)[nH]1. The number of nitrogens with one attached hydrogen (secondary N) is 2. The van der Waals surface area contributed by atoms with E-state index in [9.17, 15) is 22.4 Å². The van der Waals surface area contributed by atoms with E-state index in [1.165, 1.54) is 6.07 Å². The van der Waals surface area contributed by atoms with Crippen LogP contribution in [-0.2, 0) is 0 Å². The first-order valence-corrected chi connectivity index (χ1v) is 9.21. The molecule has 4 N–H and O–H groups in total. The summed E-state index contributed by atoms with van der Waals surface area (Å²) in [5.74, 6) is -1.14. The lowest BCUT2D eigenvalue weighted by atomic mass is 10.0. The van der Waals surface area contributed by atoms with Crippen molar-refractivity contribution in [3.05, 3.63) is 45.5 Å². The van der Waals surface area contributed by atoms with Gasteiger partial charge in [-0.15, -0.1) is 0 Å². The molecule has 3 rings (SSSR count). The number of benzene rings is 1. The van der Waals surface area contributed by atoms with Crippen LogP contribution in [0.4, 0.5) is 29.3 Å². The van der Waals surface area contributed by atoms with Gasteiger partial charge in [-0.3, -0.25) is 15.2 Å². The van der Waals surface area contributed by atoms with Crippen molar-refractivity contribution in [1.82, 2.24) is 9.97 Å². The van der Waals surface area contributed by atoms with Gasteiger partial charge >= 0.3 is 6.61 Å². The second kappa shape index (κ2) is 8.72. The quantitative estimate of drug-likeness (QED) is 0.417. The van der Waals surface area contributed by atoms with Gasteiger partial charge in [0, 0.05) is 14.1 Å². The van der Waals surface area contributed by atoms with Crippen molar-refractivity contribution >= 4 is 17.5 Å². The van der Waals surface area contributed by atoms with E-state index in [2.05, 4.69) is 20.0 Å². The van der Waals surface area contributed by atoms with Crippen molar-refractivity contribution in [2.75, 3.05) is 31.0 Å². The molecule has 11 heteroatoms. The molecule has 1 aliphatic rings. The Morgan fingerprint density at radius 2 is 2.10 bits per heavy atom. The normalized spacial score (nSPS) is 14.5. The van der Waals surface area contributed by atoms with E-state index >= 15 is 0 Å². The van der Waals surface area contributed by atoms with Crippen LogP contribution in [0.25, 0.3) is 0 Å². The van der Waals surface area contributed by atoms with Crippen LogP contribution in [0.2, 0.25) is 0 Å². The zero-order valence-corrected chi connectivity index (χ0v) is 16.4. The first kappa shape index (κ1) is 21.6. The molecule has 0 aliphatic heterocycles. The summed E-state index contributed by atoms with van der Waals surface area (Å²) >= 11 is 0. The van der Waals surface area contributed by atoms with Crippen molar-refractivity contribution in [3.8, 4) is 5.75 Å². The van der Waals surface area contributed by atoms with Crippen LogP contribution in [0.15, 0.2) is 23.0 Å². The highest BCUT2D eigenvalue weighted by Crippen LogP contribution is 2.43. The molecule has 1 saturated carbocycles. The molecule has 0 amide bonds. The number of aromatic nitrogens is 2. The number of nitrogens with two attached hydrogens (primary N) is 1. The van der Waals surface area contributed by atoms with E-state index in [4.69, 9.17) is 5.41 Å². The Labute approximate surface area is 169 Å². The minimum absolute atomic E-state index is 0.0582. The molecule has 162 valence electrons. The number of hydrogen-bond acceptors (Lipinski definition) is 5.